The van der Waals surface area contributed by atoms with Gasteiger partial charge in [0.2, 0.25) is 0 Å². The molecule has 1 atom stereocenters. The van der Waals surface area contributed by atoms with Crippen LogP contribution in [0.3, 0.4) is 0 Å². The number of hydrogen-bond donors (Lipinski definition) is 3. The van der Waals surface area contributed by atoms with Crippen LogP contribution >= 0.6 is 0 Å². The molecule has 0 aliphatic heterocycles. The third kappa shape index (κ3) is 3.92. The van der Waals surface area contributed by atoms with Crippen molar-refractivity contribution in [3.63, 3.8) is 0 Å². The Morgan fingerprint density at radius 2 is 2.11 bits per heavy atom. The third-order valence-electron chi connectivity index (χ3n) is 3.07. The summed E-state index contributed by atoms with van der Waals surface area (Å²) in [6, 6.07) is 3.92. The molecule has 0 bridgehead atoms. The van der Waals surface area contributed by atoms with Crippen LogP contribution in [-0.2, 0) is 0 Å². The van der Waals surface area contributed by atoms with Crippen molar-refractivity contribution in [1.29, 1.82) is 0 Å². The summed E-state index contributed by atoms with van der Waals surface area (Å²) in [5.74, 6) is -1.03. The molecule has 4 N–H and O–H groups in total. The number of carbonyl (C=O) groups is 1. The van der Waals surface area contributed by atoms with Crippen molar-refractivity contribution in [2.45, 2.75) is 33.2 Å². The first-order valence-corrected chi connectivity index (χ1v) is 6.23. The van der Waals surface area contributed by atoms with Gasteiger partial charge in [0, 0.05) is 12.6 Å². The molecule has 4 nitrogen and oxygen atoms in total. The first kappa shape index (κ1) is 15.4. The van der Waals surface area contributed by atoms with Gasteiger partial charge in [-0.2, -0.15) is 0 Å². The molecule has 0 saturated carbocycles. The number of aliphatic hydroxyl groups is 1. The molecule has 1 unspecified atom stereocenters. The standard InChI is InChI=1S/C14H21FN2O2/c1-14(2,3)11(7-8-18)17-13(19)9-5-4-6-10(15)12(9)16/h4-6,11,18H,7-8,16H2,1-3H3,(H,17,19). The van der Waals surface area contributed by atoms with E-state index >= 15 is 0 Å². The quantitative estimate of drug-likeness (QED) is 0.730. The molecule has 0 aliphatic rings. The lowest BCUT2D eigenvalue weighted by Crippen LogP contribution is -2.44. The van der Waals surface area contributed by atoms with Crippen LogP contribution in [0.1, 0.15) is 37.6 Å². The van der Waals surface area contributed by atoms with Crippen LogP contribution in [0.4, 0.5) is 10.1 Å². The predicted octanol–water partition coefficient (Wildman–Crippen LogP) is 1.93. The van der Waals surface area contributed by atoms with Crippen LogP contribution < -0.4 is 11.1 Å². The van der Waals surface area contributed by atoms with Crippen LogP contribution in [-0.4, -0.2) is 23.7 Å². The number of benzene rings is 1. The fourth-order valence-electron chi connectivity index (χ4n) is 1.82. The summed E-state index contributed by atoms with van der Waals surface area (Å²) in [5.41, 5.74) is 5.31. The highest BCUT2D eigenvalue weighted by molar-refractivity contribution is 5.99. The van der Waals surface area contributed by atoms with Gasteiger partial charge >= 0.3 is 0 Å². The number of nitrogen functional groups attached to an aromatic ring is 1. The van der Waals surface area contributed by atoms with Crippen LogP contribution in [0.2, 0.25) is 0 Å². The summed E-state index contributed by atoms with van der Waals surface area (Å²) >= 11 is 0. The lowest BCUT2D eigenvalue weighted by Gasteiger charge is -2.31. The van der Waals surface area contributed by atoms with E-state index in [9.17, 15) is 9.18 Å². The molecule has 106 valence electrons. The van der Waals surface area contributed by atoms with E-state index in [0.29, 0.717) is 6.42 Å². The Bertz CT molecular complexity index is 455. The summed E-state index contributed by atoms with van der Waals surface area (Å²) in [6.07, 6.45) is 0.435. The van der Waals surface area contributed by atoms with E-state index in [0.717, 1.165) is 0 Å². The molecule has 1 aromatic carbocycles. The number of anilines is 1. The number of rotatable bonds is 4. The number of aliphatic hydroxyl groups excluding tert-OH is 1. The largest absolute Gasteiger partial charge is 0.396 e. The molecule has 1 amide bonds. The number of halogens is 1. The first-order chi connectivity index (χ1) is 8.77. The van der Waals surface area contributed by atoms with Gasteiger partial charge in [0.25, 0.3) is 5.91 Å². The smallest absolute Gasteiger partial charge is 0.253 e. The second kappa shape index (κ2) is 6.02. The van der Waals surface area contributed by atoms with E-state index in [-0.39, 0.29) is 29.3 Å². The Hall–Kier alpha value is -1.62. The molecule has 1 rings (SSSR count). The first-order valence-electron chi connectivity index (χ1n) is 6.23. The molecule has 0 radical (unpaired) electrons. The van der Waals surface area contributed by atoms with Crippen molar-refractivity contribution >= 4 is 11.6 Å². The zero-order valence-electron chi connectivity index (χ0n) is 11.5. The van der Waals surface area contributed by atoms with E-state index < -0.39 is 11.7 Å². The van der Waals surface area contributed by atoms with Gasteiger partial charge < -0.3 is 16.2 Å². The highest BCUT2D eigenvalue weighted by atomic mass is 19.1. The zero-order valence-corrected chi connectivity index (χ0v) is 11.5. The highest BCUT2D eigenvalue weighted by Gasteiger charge is 2.26. The number of hydrogen-bond acceptors (Lipinski definition) is 3. The maximum Gasteiger partial charge on any atom is 0.253 e. The summed E-state index contributed by atoms with van der Waals surface area (Å²) in [6.45, 7) is 5.86. The molecule has 0 aromatic heterocycles. The zero-order chi connectivity index (χ0) is 14.6. The van der Waals surface area contributed by atoms with Gasteiger partial charge in [-0.25, -0.2) is 4.39 Å². The van der Waals surface area contributed by atoms with E-state index in [4.69, 9.17) is 10.8 Å². The fraction of sp³-hybridized carbons (Fsp3) is 0.500. The van der Waals surface area contributed by atoms with Gasteiger partial charge in [0.1, 0.15) is 5.82 Å². The molecule has 1 aromatic rings. The lowest BCUT2D eigenvalue weighted by molar-refractivity contribution is 0.0885. The molecule has 0 spiro atoms. The van der Waals surface area contributed by atoms with Crippen LogP contribution in [0.25, 0.3) is 0 Å². The van der Waals surface area contributed by atoms with E-state index in [1.165, 1.54) is 18.2 Å². The van der Waals surface area contributed by atoms with E-state index in [1.807, 2.05) is 20.8 Å². The molecule has 5 heteroatoms. The van der Waals surface area contributed by atoms with Crippen LogP contribution in [0, 0.1) is 11.2 Å². The fourth-order valence-corrected chi connectivity index (χ4v) is 1.82. The Balaban J connectivity index is 2.91. The van der Waals surface area contributed by atoms with Gasteiger partial charge in [-0.3, -0.25) is 4.79 Å². The number of carbonyl (C=O) groups excluding carboxylic acids is 1. The van der Waals surface area contributed by atoms with Crippen LogP contribution in [0.5, 0.6) is 0 Å². The second-order valence-corrected chi connectivity index (χ2v) is 5.61. The average Bonchev–Trinajstić information content (AvgIpc) is 2.30. The highest BCUT2D eigenvalue weighted by Crippen LogP contribution is 2.23. The minimum Gasteiger partial charge on any atom is -0.396 e. The van der Waals surface area contributed by atoms with Crippen molar-refractivity contribution in [2.75, 3.05) is 12.3 Å². The third-order valence-corrected chi connectivity index (χ3v) is 3.07. The topological polar surface area (TPSA) is 75.3 Å². The van der Waals surface area contributed by atoms with Crippen molar-refractivity contribution in [3.05, 3.63) is 29.6 Å². The van der Waals surface area contributed by atoms with Crippen molar-refractivity contribution in [1.82, 2.24) is 5.32 Å². The minimum atomic E-state index is -0.609. The Labute approximate surface area is 112 Å². The van der Waals surface area contributed by atoms with Crippen molar-refractivity contribution in [3.8, 4) is 0 Å². The van der Waals surface area contributed by atoms with Gasteiger partial charge in [-0.15, -0.1) is 0 Å². The maximum absolute atomic E-state index is 13.3. The monoisotopic (exact) mass is 268 g/mol. The molecule has 0 saturated heterocycles. The molecular formula is C14H21FN2O2. The Morgan fingerprint density at radius 3 is 2.63 bits per heavy atom. The second-order valence-electron chi connectivity index (χ2n) is 5.61. The lowest BCUT2D eigenvalue weighted by atomic mass is 9.84. The van der Waals surface area contributed by atoms with Crippen molar-refractivity contribution in [2.24, 2.45) is 5.41 Å². The predicted molar refractivity (Wildman–Crippen MR) is 73.2 cm³/mol. The SMILES string of the molecule is CC(C)(C)C(CCO)NC(=O)c1cccc(F)c1N. The average molecular weight is 268 g/mol. The number of nitrogens with two attached hydrogens (primary N) is 1. The van der Waals surface area contributed by atoms with Crippen molar-refractivity contribution < 1.29 is 14.3 Å². The molecule has 19 heavy (non-hydrogen) atoms. The molecule has 0 heterocycles. The Kier molecular flexibility index (Phi) is 4.89. The summed E-state index contributed by atoms with van der Waals surface area (Å²) < 4.78 is 13.3. The molecule has 0 aliphatic carbocycles. The minimum absolute atomic E-state index is 0.0269. The van der Waals surface area contributed by atoms with Gasteiger partial charge in [-0.05, 0) is 24.0 Å². The van der Waals surface area contributed by atoms with E-state index in [2.05, 4.69) is 5.32 Å². The summed E-state index contributed by atoms with van der Waals surface area (Å²) in [7, 11) is 0. The number of nitrogens with one attached hydrogen (secondary N) is 1. The summed E-state index contributed by atoms with van der Waals surface area (Å²) in [4.78, 5) is 12.1. The van der Waals surface area contributed by atoms with Crippen LogP contribution in [0.15, 0.2) is 18.2 Å². The van der Waals surface area contributed by atoms with Gasteiger partial charge in [0.05, 0.1) is 11.3 Å². The van der Waals surface area contributed by atoms with E-state index in [1.54, 1.807) is 0 Å². The number of para-hydroxylation sites is 1. The molecular weight excluding hydrogens is 247 g/mol. The molecule has 0 fully saturated rings. The Morgan fingerprint density at radius 1 is 1.47 bits per heavy atom. The maximum atomic E-state index is 13.3. The summed E-state index contributed by atoms with van der Waals surface area (Å²) in [5, 5.41) is 11.8. The van der Waals surface area contributed by atoms with Gasteiger partial charge in [0.15, 0.2) is 0 Å². The normalized spacial score (nSPS) is 13.1. The van der Waals surface area contributed by atoms with Gasteiger partial charge in [-0.1, -0.05) is 26.8 Å². The number of amides is 1.